The Kier molecular flexibility index (Phi) is 6.53. The van der Waals surface area contributed by atoms with Gasteiger partial charge < -0.3 is 9.84 Å². The van der Waals surface area contributed by atoms with Crippen molar-refractivity contribution >= 4 is 44.9 Å². The van der Waals surface area contributed by atoms with Crippen LogP contribution in [0, 0.1) is 0 Å². The molecule has 5 rings (SSSR count). The molecule has 1 N–H and O–H groups in total. The van der Waals surface area contributed by atoms with Gasteiger partial charge in [-0.15, -0.1) is 0 Å². The van der Waals surface area contributed by atoms with Gasteiger partial charge in [0.25, 0.3) is 0 Å². The fourth-order valence-corrected chi connectivity index (χ4v) is 5.02. The minimum atomic E-state index is -1.04. The van der Waals surface area contributed by atoms with Gasteiger partial charge >= 0.3 is 5.97 Å². The monoisotopic (exact) mass is 495 g/mol. The molecule has 0 spiro atoms. The first kappa shape index (κ1) is 23.7. The maximum absolute atomic E-state index is 11.7. The Morgan fingerprint density at radius 2 is 1.78 bits per heavy atom. The molecule has 0 radical (unpaired) electrons. The maximum atomic E-state index is 11.7. The van der Waals surface area contributed by atoms with E-state index in [4.69, 9.17) is 4.74 Å². The smallest absolute Gasteiger partial charge is 0.307 e. The minimum absolute atomic E-state index is 0.0698. The van der Waals surface area contributed by atoms with E-state index in [-0.39, 0.29) is 6.42 Å². The molecule has 1 aliphatic carbocycles. The number of carboxylic acid groups (broad SMARTS) is 1. The van der Waals surface area contributed by atoms with Crippen LogP contribution in [0.25, 0.3) is 28.1 Å². The summed E-state index contributed by atoms with van der Waals surface area (Å²) in [5.74, 6) is -0.214. The Bertz CT molecular complexity index is 1570. The molecule has 36 heavy (non-hydrogen) atoms. The van der Waals surface area contributed by atoms with E-state index in [1.807, 2.05) is 91.9 Å². The first-order valence-corrected chi connectivity index (χ1v) is 13.1. The lowest BCUT2D eigenvalue weighted by Crippen LogP contribution is -2.00. The maximum Gasteiger partial charge on any atom is 0.307 e. The molecule has 6 heteroatoms. The van der Waals surface area contributed by atoms with Gasteiger partial charge in [-0.3, -0.25) is 9.00 Å². The van der Waals surface area contributed by atoms with E-state index >= 15 is 0 Å². The van der Waals surface area contributed by atoms with E-state index in [0.717, 1.165) is 54.9 Å². The van der Waals surface area contributed by atoms with Gasteiger partial charge in [-0.05, 0) is 82.8 Å². The highest BCUT2D eigenvalue weighted by Gasteiger charge is 2.25. The van der Waals surface area contributed by atoms with Crippen molar-refractivity contribution in [1.82, 2.24) is 4.98 Å². The number of allylic oxidation sites excluding steroid dienone is 2. The molecule has 0 amide bonds. The van der Waals surface area contributed by atoms with Crippen molar-refractivity contribution < 1.29 is 18.8 Å². The standard InChI is InChI=1S/C30H25NO4S/c1-19-26(15-20-7-12-24(13-8-20)36(2)34)25-14-11-23(16-28(25)27(19)17-30(32)33)35-18-22-10-9-21-5-3-4-6-29(21)31-22/h3-16H,17-18H2,1-2H3,(H,32,33)/b26-15-. The Balaban J connectivity index is 1.45. The number of rotatable bonds is 7. The van der Waals surface area contributed by atoms with Crippen molar-refractivity contribution in [2.75, 3.05) is 6.26 Å². The number of para-hydroxylation sites is 1. The Hall–Kier alpha value is -4.03. The number of fused-ring (bicyclic) bond motifs is 2. The van der Waals surface area contributed by atoms with Crippen LogP contribution in [0.4, 0.5) is 0 Å². The summed E-state index contributed by atoms with van der Waals surface area (Å²) in [4.78, 5) is 17.1. The number of carboxylic acids is 1. The first-order valence-electron chi connectivity index (χ1n) is 11.6. The van der Waals surface area contributed by atoms with Crippen molar-refractivity contribution in [2.45, 2.75) is 24.8 Å². The lowest BCUT2D eigenvalue weighted by Gasteiger charge is -2.10. The fraction of sp³-hybridized carbons (Fsp3) is 0.133. The predicted octanol–water partition coefficient (Wildman–Crippen LogP) is 6.35. The molecule has 4 aromatic rings. The molecular formula is C30H25NO4S. The number of carbonyl (C=O) groups is 1. The zero-order chi connectivity index (χ0) is 25.2. The van der Waals surface area contributed by atoms with Crippen molar-refractivity contribution in [3.05, 3.63) is 107 Å². The van der Waals surface area contributed by atoms with Crippen LogP contribution in [0.1, 0.15) is 35.7 Å². The van der Waals surface area contributed by atoms with Gasteiger partial charge in [-0.2, -0.15) is 0 Å². The van der Waals surface area contributed by atoms with Crippen molar-refractivity contribution in [3.63, 3.8) is 0 Å². The van der Waals surface area contributed by atoms with E-state index in [1.165, 1.54) is 0 Å². The summed E-state index contributed by atoms with van der Waals surface area (Å²) < 4.78 is 17.8. The second-order valence-corrected chi connectivity index (χ2v) is 10.1. The van der Waals surface area contributed by atoms with Crippen LogP contribution in [0.2, 0.25) is 0 Å². The molecule has 1 unspecified atom stereocenters. The molecule has 0 saturated heterocycles. The third-order valence-electron chi connectivity index (χ3n) is 6.36. The lowest BCUT2D eigenvalue weighted by atomic mass is 10.0. The number of nitrogens with zero attached hydrogens (tertiary/aromatic N) is 1. The van der Waals surface area contributed by atoms with Gasteiger partial charge in [-0.1, -0.05) is 42.5 Å². The second kappa shape index (κ2) is 9.91. The van der Waals surface area contributed by atoms with Gasteiger partial charge in [0.2, 0.25) is 0 Å². The van der Waals surface area contributed by atoms with Crippen LogP contribution in [0.3, 0.4) is 0 Å². The summed E-state index contributed by atoms with van der Waals surface area (Å²) in [7, 11) is -1.04. The average molecular weight is 496 g/mol. The number of ether oxygens (including phenoxy) is 1. The van der Waals surface area contributed by atoms with Crippen LogP contribution >= 0.6 is 0 Å². The van der Waals surface area contributed by atoms with Crippen LogP contribution < -0.4 is 4.74 Å². The molecular weight excluding hydrogens is 470 g/mol. The molecule has 0 bridgehead atoms. The first-order chi connectivity index (χ1) is 17.4. The topological polar surface area (TPSA) is 76.5 Å². The van der Waals surface area contributed by atoms with E-state index in [9.17, 15) is 14.1 Å². The SMILES string of the molecule is CC1=C(CC(=O)O)c2cc(OCc3ccc4ccccc4n3)ccc2/C1=C\c1ccc(S(C)=O)cc1. The van der Waals surface area contributed by atoms with E-state index in [1.54, 1.807) is 6.26 Å². The Morgan fingerprint density at radius 3 is 2.53 bits per heavy atom. The fourth-order valence-electron chi connectivity index (χ4n) is 4.50. The predicted molar refractivity (Wildman–Crippen MR) is 144 cm³/mol. The molecule has 180 valence electrons. The number of aromatic nitrogens is 1. The number of pyridine rings is 1. The highest BCUT2D eigenvalue weighted by Crippen LogP contribution is 2.45. The van der Waals surface area contributed by atoms with E-state index < -0.39 is 16.8 Å². The number of hydrogen-bond acceptors (Lipinski definition) is 4. The van der Waals surface area contributed by atoms with Crippen LogP contribution in [0.5, 0.6) is 5.75 Å². The minimum Gasteiger partial charge on any atom is -0.487 e. The van der Waals surface area contributed by atoms with Gasteiger partial charge in [0, 0.05) is 27.3 Å². The Labute approximate surface area is 212 Å². The molecule has 1 aromatic heterocycles. The highest BCUT2D eigenvalue weighted by molar-refractivity contribution is 7.84. The molecule has 0 aliphatic heterocycles. The molecule has 0 fully saturated rings. The largest absolute Gasteiger partial charge is 0.487 e. The number of benzene rings is 3. The second-order valence-electron chi connectivity index (χ2n) is 8.75. The summed E-state index contributed by atoms with van der Waals surface area (Å²) in [5.41, 5.74) is 7.25. The zero-order valence-corrected chi connectivity index (χ0v) is 20.8. The molecule has 0 saturated carbocycles. The summed E-state index contributed by atoms with van der Waals surface area (Å²) >= 11 is 0. The molecule has 3 aromatic carbocycles. The van der Waals surface area contributed by atoms with Crippen molar-refractivity contribution in [1.29, 1.82) is 0 Å². The highest BCUT2D eigenvalue weighted by atomic mass is 32.2. The van der Waals surface area contributed by atoms with Crippen LogP contribution in [0.15, 0.2) is 89.3 Å². The third-order valence-corrected chi connectivity index (χ3v) is 7.29. The molecule has 1 atom stereocenters. The zero-order valence-electron chi connectivity index (χ0n) is 20.0. The summed E-state index contributed by atoms with van der Waals surface area (Å²) in [6, 6.07) is 25.3. The van der Waals surface area contributed by atoms with Crippen LogP contribution in [-0.4, -0.2) is 26.5 Å². The van der Waals surface area contributed by atoms with E-state index in [0.29, 0.717) is 12.4 Å². The summed E-state index contributed by atoms with van der Waals surface area (Å²) in [6.45, 7) is 2.27. The normalized spacial score (nSPS) is 14.8. The Morgan fingerprint density at radius 1 is 1.00 bits per heavy atom. The van der Waals surface area contributed by atoms with E-state index in [2.05, 4.69) is 4.98 Å². The quantitative estimate of drug-likeness (QED) is 0.323. The van der Waals surface area contributed by atoms with Gasteiger partial charge in [-0.25, -0.2) is 4.98 Å². The molecule has 1 aliphatic rings. The number of aliphatic carboxylic acids is 1. The molecule has 5 nitrogen and oxygen atoms in total. The van der Waals surface area contributed by atoms with Gasteiger partial charge in [0.15, 0.2) is 0 Å². The third kappa shape index (κ3) is 4.86. The summed E-state index contributed by atoms with van der Waals surface area (Å²) in [5, 5.41) is 10.6. The average Bonchev–Trinajstić information content (AvgIpc) is 3.12. The lowest BCUT2D eigenvalue weighted by molar-refractivity contribution is -0.135. The van der Waals surface area contributed by atoms with Crippen molar-refractivity contribution in [2.24, 2.45) is 0 Å². The summed E-state index contributed by atoms with van der Waals surface area (Å²) in [6.07, 6.45) is 3.63. The van der Waals surface area contributed by atoms with Gasteiger partial charge in [0.1, 0.15) is 12.4 Å². The van der Waals surface area contributed by atoms with Crippen LogP contribution in [-0.2, 0) is 22.2 Å². The van der Waals surface area contributed by atoms with Gasteiger partial charge in [0.05, 0.1) is 17.6 Å². The number of hydrogen-bond donors (Lipinski definition) is 1. The van der Waals surface area contributed by atoms with Crippen molar-refractivity contribution in [3.8, 4) is 5.75 Å². The molecule has 1 heterocycles.